The molecule has 3 aromatic rings. The minimum Gasteiger partial charge on any atom is -0.478 e. The van der Waals surface area contributed by atoms with E-state index in [1.165, 1.54) is 32.1 Å². The van der Waals surface area contributed by atoms with Crippen LogP contribution in [0.1, 0.15) is 55.8 Å². The van der Waals surface area contributed by atoms with Crippen LogP contribution in [0.25, 0.3) is 11.1 Å². The Labute approximate surface area is 178 Å². The molecule has 0 aliphatic heterocycles. The molecule has 0 saturated heterocycles. The number of carbonyl (C=O) groups is 1. The highest BCUT2D eigenvalue weighted by molar-refractivity contribution is 5.91. The average molecular weight is 404 g/mol. The summed E-state index contributed by atoms with van der Waals surface area (Å²) in [5, 5.41) is 0. The van der Waals surface area contributed by atoms with E-state index >= 15 is 0 Å². The molecule has 1 heterocycles. The van der Waals surface area contributed by atoms with E-state index in [1.807, 2.05) is 48.7 Å². The van der Waals surface area contributed by atoms with Gasteiger partial charge < -0.3 is 9.47 Å². The quantitative estimate of drug-likeness (QED) is 0.203. The molecule has 0 amide bonds. The van der Waals surface area contributed by atoms with E-state index < -0.39 is 0 Å². The number of aromatic nitrogens is 1. The highest BCUT2D eigenvalue weighted by Crippen LogP contribution is 2.23. The molecule has 0 N–H and O–H groups in total. The van der Waals surface area contributed by atoms with Crippen molar-refractivity contribution in [2.45, 2.75) is 45.4 Å². The van der Waals surface area contributed by atoms with E-state index in [9.17, 15) is 4.79 Å². The summed E-state index contributed by atoms with van der Waals surface area (Å²) in [6.45, 7) is 2.94. The van der Waals surface area contributed by atoms with Crippen LogP contribution in [0.15, 0.2) is 72.9 Å². The van der Waals surface area contributed by atoms with Crippen LogP contribution in [0.5, 0.6) is 11.6 Å². The van der Waals surface area contributed by atoms with Gasteiger partial charge in [0.2, 0.25) is 5.88 Å². The van der Waals surface area contributed by atoms with Crippen molar-refractivity contribution in [2.24, 2.45) is 0 Å². The third kappa shape index (κ3) is 6.73. The van der Waals surface area contributed by atoms with Gasteiger partial charge in [0.25, 0.3) is 0 Å². The Hall–Kier alpha value is -3.14. The van der Waals surface area contributed by atoms with Crippen LogP contribution in [-0.2, 0) is 0 Å². The maximum atomic E-state index is 12.1. The zero-order chi connectivity index (χ0) is 21.0. The van der Waals surface area contributed by atoms with Crippen molar-refractivity contribution in [2.75, 3.05) is 6.61 Å². The van der Waals surface area contributed by atoms with Gasteiger partial charge in [-0.1, -0.05) is 69.4 Å². The monoisotopic (exact) mass is 403 g/mol. The van der Waals surface area contributed by atoms with Crippen LogP contribution in [0.2, 0.25) is 0 Å². The second-order valence-electron chi connectivity index (χ2n) is 7.28. The van der Waals surface area contributed by atoms with Crippen molar-refractivity contribution in [1.29, 1.82) is 0 Å². The summed E-state index contributed by atoms with van der Waals surface area (Å²) < 4.78 is 11.2. The first-order chi connectivity index (χ1) is 14.8. The average Bonchev–Trinajstić information content (AvgIpc) is 2.80. The number of rotatable bonds is 11. The minimum atomic E-state index is -0.364. The molecule has 0 atom stereocenters. The molecular formula is C26H29NO3. The van der Waals surface area contributed by atoms with E-state index in [-0.39, 0.29) is 5.97 Å². The molecule has 0 aliphatic rings. The van der Waals surface area contributed by atoms with Gasteiger partial charge in [-0.05, 0) is 42.3 Å². The Morgan fingerprint density at radius 1 is 0.800 bits per heavy atom. The lowest BCUT2D eigenvalue weighted by atomic mass is 10.1. The molecule has 4 heteroatoms. The molecule has 0 bridgehead atoms. The second-order valence-corrected chi connectivity index (χ2v) is 7.28. The standard InChI is InChI=1S/C26H29NO3/c1-2-3-4-5-6-10-19-29-25-18-15-23(20-27-25)21-13-16-24(17-14-21)30-26(28)22-11-8-7-9-12-22/h7-9,11-18,20H,2-6,10,19H2,1H3. The summed E-state index contributed by atoms with van der Waals surface area (Å²) >= 11 is 0. The van der Waals surface area contributed by atoms with Gasteiger partial charge in [-0.3, -0.25) is 0 Å². The van der Waals surface area contributed by atoms with Crippen molar-refractivity contribution in [3.8, 4) is 22.8 Å². The first kappa shape index (κ1) is 21.6. The minimum absolute atomic E-state index is 0.364. The van der Waals surface area contributed by atoms with E-state index in [1.54, 1.807) is 24.3 Å². The fourth-order valence-corrected chi connectivity index (χ4v) is 3.15. The van der Waals surface area contributed by atoms with Crippen molar-refractivity contribution in [1.82, 2.24) is 4.98 Å². The lowest BCUT2D eigenvalue weighted by Crippen LogP contribution is -2.07. The van der Waals surface area contributed by atoms with Crippen molar-refractivity contribution in [3.63, 3.8) is 0 Å². The molecule has 0 unspecified atom stereocenters. The van der Waals surface area contributed by atoms with Crippen LogP contribution < -0.4 is 9.47 Å². The largest absolute Gasteiger partial charge is 0.478 e. The Kier molecular flexibility index (Phi) is 8.46. The summed E-state index contributed by atoms with van der Waals surface area (Å²) in [6.07, 6.45) is 9.26. The molecule has 3 rings (SSSR count). The molecule has 0 spiro atoms. The van der Waals surface area contributed by atoms with Gasteiger partial charge in [-0.2, -0.15) is 0 Å². The fourth-order valence-electron chi connectivity index (χ4n) is 3.15. The molecule has 2 aromatic carbocycles. The topological polar surface area (TPSA) is 48.4 Å². The highest BCUT2D eigenvalue weighted by Gasteiger charge is 2.08. The first-order valence-corrected chi connectivity index (χ1v) is 10.7. The van der Waals surface area contributed by atoms with Crippen LogP contribution in [0.3, 0.4) is 0 Å². The third-order valence-corrected chi connectivity index (χ3v) is 4.89. The molecule has 30 heavy (non-hydrogen) atoms. The Balaban J connectivity index is 1.47. The molecule has 4 nitrogen and oxygen atoms in total. The van der Waals surface area contributed by atoms with E-state index in [0.29, 0.717) is 23.8 Å². The number of nitrogens with zero attached hydrogens (tertiary/aromatic N) is 1. The Morgan fingerprint density at radius 2 is 1.50 bits per heavy atom. The van der Waals surface area contributed by atoms with Gasteiger partial charge in [0.05, 0.1) is 12.2 Å². The highest BCUT2D eigenvalue weighted by atomic mass is 16.5. The molecule has 0 saturated carbocycles. The van der Waals surface area contributed by atoms with Crippen LogP contribution in [0.4, 0.5) is 0 Å². The number of benzene rings is 2. The van der Waals surface area contributed by atoms with Gasteiger partial charge in [-0.15, -0.1) is 0 Å². The number of pyridine rings is 1. The molecule has 0 aliphatic carbocycles. The second kappa shape index (κ2) is 11.8. The van der Waals surface area contributed by atoms with Gasteiger partial charge in [0.1, 0.15) is 5.75 Å². The predicted octanol–water partition coefficient (Wildman–Crippen LogP) is 6.71. The third-order valence-electron chi connectivity index (χ3n) is 4.89. The molecule has 1 aromatic heterocycles. The number of carbonyl (C=O) groups excluding carboxylic acids is 1. The van der Waals surface area contributed by atoms with Gasteiger partial charge in [-0.25, -0.2) is 9.78 Å². The van der Waals surface area contributed by atoms with E-state index in [4.69, 9.17) is 9.47 Å². The van der Waals surface area contributed by atoms with Crippen LogP contribution in [0, 0.1) is 0 Å². The van der Waals surface area contributed by atoms with Gasteiger partial charge >= 0.3 is 5.97 Å². The summed E-state index contributed by atoms with van der Waals surface area (Å²) in [7, 11) is 0. The summed E-state index contributed by atoms with van der Waals surface area (Å²) in [5.74, 6) is 0.803. The number of hydrogen-bond donors (Lipinski definition) is 0. The lowest BCUT2D eigenvalue weighted by molar-refractivity contribution is 0.0735. The summed E-state index contributed by atoms with van der Waals surface area (Å²) in [5.41, 5.74) is 2.52. The molecular weight excluding hydrogens is 374 g/mol. The number of unbranched alkanes of at least 4 members (excludes halogenated alkanes) is 5. The normalized spacial score (nSPS) is 10.6. The number of hydrogen-bond acceptors (Lipinski definition) is 4. The molecule has 0 radical (unpaired) electrons. The Morgan fingerprint density at radius 3 is 2.20 bits per heavy atom. The van der Waals surface area contributed by atoms with Crippen LogP contribution in [-0.4, -0.2) is 17.6 Å². The number of esters is 1. The van der Waals surface area contributed by atoms with Crippen molar-refractivity contribution >= 4 is 5.97 Å². The van der Waals surface area contributed by atoms with Crippen molar-refractivity contribution < 1.29 is 14.3 Å². The smallest absolute Gasteiger partial charge is 0.343 e. The SMILES string of the molecule is CCCCCCCCOc1ccc(-c2ccc(OC(=O)c3ccccc3)cc2)cn1. The Bertz CT molecular complexity index is 890. The number of ether oxygens (including phenoxy) is 2. The maximum Gasteiger partial charge on any atom is 0.343 e. The summed E-state index contributed by atoms with van der Waals surface area (Å²) in [6, 6.07) is 20.3. The van der Waals surface area contributed by atoms with E-state index in [2.05, 4.69) is 11.9 Å². The first-order valence-electron chi connectivity index (χ1n) is 10.7. The molecule has 156 valence electrons. The van der Waals surface area contributed by atoms with E-state index in [0.717, 1.165) is 17.5 Å². The van der Waals surface area contributed by atoms with Gasteiger partial charge in [0, 0.05) is 17.8 Å². The molecule has 0 fully saturated rings. The lowest BCUT2D eigenvalue weighted by Gasteiger charge is -2.08. The van der Waals surface area contributed by atoms with Crippen LogP contribution >= 0.6 is 0 Å². The maximum absolute atomic E-state index is 12.1. The predicted molar refractivity (Wildman–Crippen MR) is 120 cm³/mol. The summed E-state index contributed by atoms with van der Waals surface area (Å²) in [4.78, 5) is 16.5. The zero-order valence-corrected chi connectivity index (χ0v) is 17.5. The van der Waals surface area contributed by atoms with Gasteiger partial charge in [0.15, 0.2) is 0 Å². The van der Waals surface area contributed by atoms with Crippen molar-refractivity contribution in [3.05, 3.63) is 78.5 Å². The fraction of sp³-hybridized carbons (Fsp3) is 0.308. The zero-order valence-electron chi connectivity index (χ0n) is 17.5.